The van der Waals surface area contributed by atoms with Crippen LogP contribution in [0.5, 0.6) is 10.4 Å². The Morgan fingerprint density at radius 2 is 1.17 bits per heavy atom. The van der Waals surface area contributed by atoms with E-state index in [4.69, 9.17) is 9.05 Å². The zero-order valence-corrected chi connectivity index (χ0v) is 17.5. The Morgan fingerprint density at radius 3 is 1.53 bits per heavy atom. The predicted molar refractivity (Wildman–Crippen MR) is 110 cm³/mol. The lowest BCUT2D eigenvalue weighted by molar-refractivity contribution is 0.360. The van der Waals surface area contributed by atoms with Gasteiger partial charge in [-0.15, -0.1) is 0 Å². The highest BCUT2D eigenvalue weighted by Crippen LogP contribution is 2.50. The number of nitrogens with zero attached hydrogens (tertiary/aromatic N) is 2. The fourth-order valence-corrected chi connectivity index (χ4v) is 5.23. The summed E-state index contributed by atoms with van der Waals surface area (Å²) in [6, 6.07) is 11.3. The van der Waals surface area contributed by atoms with E-state index in [1.807, 2.05) is 0 Å². The first-order valence-electron chi connectivity index (χ1n) is 8.41. The van der Waals surface area contributed by atoms with E-state index in [2.05, 4.69) is 9.97 Å². The van der Waals surface area contributed by atoms with E-state index in [0.29, 0.717) is 22.5 Å². The molecule has 2 aromatic carbocycles. The van der Waals surface area contributed by atoms with E-state index in [-0.39, 0.29) is 22.0 Å². The summed E-state index contributed by atoms with van der Waals surface area (Å²) in [5, 5.41) is 3.12. The number of benzene rings is 2. The maximum atomic E-state index is 13.5. The van der Waals surface area contributed by atoms with Gasteiger partial charge in [0, 0.05) is 21.9 Å². The zero-order valence-electron chi connectivity index (χ0n) is 15.0. The maximum absolute atomic E-state index is 13.5. The molecule has 5 nitrogen and oxygen atoms in total. The summed E-state index contributed by atoms with van der Waals surface area (Å²) >= 11 is 2.01. The Morgan fingerprint density at radius 1 is 0.767 bits per heavy atom. The summed E-state index contributed by atoms with van der Waals surface area (Å²) in [5.41, 5.74) is 2.19. The molecule has 0 fully saturated rings. The molecule has 2 aromatic heterocycles. The molecule has 4 rings (SSSR count). The maximum Gasteiger partial charge on any atom is 0.465 e. The van der Waals surface area contributed by atoms with Gasteiger partial charge in [0.1, 0.15) is 11.6 Å². The van der Waals surface area contributed by atoms with Crippen LogP contribution in [0.4, 0.5) is 13.2 Å². The molecule has 11 heteroatoms. The largest absolute Gasteiger partial charge is 0.465 e. The standard InChI is InChI=1S/C19H12F3N2O3PS2/c20-11-28(25,26-18-23-16(9-29-18)12-1-5-14(21)6-2-12)27-19-24-17(10-30-19)13-3-7-15(22)8-4-13/h1-10H,11H2. The Bertz CT molecular complexity index is 1110. The lowest BCUT2D eigenvalue weighted by atomic mass is 10.2. The van der Waals surface area contributed by atoms with Crippen LogP contribution in [0.2, 0.25) is 0 Å². The number of thiazole rings is 2. The molecule has 0 aliphatic heterocycles. The van der Waals surface area contributed by atoms with Crippen LogP contribution in [0.3, 0.4) is 0 Å². The van der Waals surface area contributed by atoms with Gasteiger partial charge in [-0.1, -0.05) is 22.7 Å². The molecule has 0 saturated carbocycles. The first-order valence-corrected chi connectivity index (χ1v) is 11.9. The van der Waals surface area contributed by atoms with E-state index in [9.17, 15) is 17.7 Å². The van der Waals surface area contributed by atoms with Gasteiger partial charge < -0.3 is 9.05 Å². The average molecular weight is 468 g/mol. The van der Waals surface area contributed by atoms with Crippen LogP contribution in [0.25, 0.3) is 22.5 Å². The summed E-state index contributed by atoms with van der Waals surface area (Å²) in [6.45, 7) is 0. The zero-order chi connectivity index (χ0) is 21.1. The molecule has 0 N–H and O–H groups in total. The minimum atomic E-state index is -4.21. The SMILES string of the molecule is O=P(CF)(Oc1nc(-c2ccc(F)cc2)cs1)Oc1nc(-c2ccc(F)cc2)cs1. The summed E-state index contributed by atoms with van der Waals surface area (Å²) in [4.78, 5) is 8.30. The molecule has 0 aliphatic carbocycles. The van der Waals surface area contributed by atoms with Crippen molar-refractivity contribution in [1.82, 2.24) is 9.97 Å². The lowest BCUT2D eigenvalue weighted by Crippen LogP contribution is -2.02. The summed E-state index contributed by atoms with van der Waals surface area (Å²) in [5.74, 6) is -0.770. The molecule has 0 unspecified atom stereocenters. The third-order valence-electron chi connectivity index (χ3n) is 3.83. The predicted octanol–water partition coefficient (Wildman–Crippen LogP) is 6.79. The first-order chi connectivity index (χ1) is 14.4. The highest BCUT2D eigenvalue weighted by atomic mass is 32.1. The van der Waals surface area contributed by atoms with Crippen LogP contribution < -0.4 is 9.05 Å². The molecule has 0 spiro atoms. The Balaban J connectivity index is 1.49. The van der Waals surface area contributed by atoms with Crippen molar-refractivity contribution in [2.45, 2.75) is 0 Å². The third kappa shape index (κ3) is 4.72. The number of rotatable bonds is 7. The van der Waals surface area contributed by atoms with Gasteiger partial charge in [0.15, 0.2) is 0 Å². The Hall–Kier alpha value is -2.68. The van der Waals surface area contributed by atoms with Crippen molar-refractivity contribution in [1.29, 1.82) is 0 Å². The van der Waals surface area contributed by atoms with Crippen molar-refractivity contribution < 1.29 is 26.8 Å². The van der Waals surface area contributed by atoms with Gasteiger partial charge in [-0.25, -0.2) is 27.7 Å². The highest BCUT2D eigenvalue weighted by Gasteiger charge is 2.31. The lowest BCUT2D eigenvalue weighted by Gasteiger charge is -2.13. The molecule has 0 bridgehead atoms. The number of alkyl halides is 1. The molecule has 0 amide bonds. The quantitative estimate of drug-likeness (QED) is 0.280. The van der Waals surface area contributed by atoms with Gasteiger partial charge in [0.05, 0.1) is 11.4 Å². The topological polar surface area (TPSA) is 61.3 Å². The molecule has 154 valence electrons. The van der Waals surface area contributed by atoms with Crippen molar-refractivity contribution in [3.8, 4) is 32.9 Å². The normalized spacial score (nSPS) is 11.4. The second-order valence-corrected chi connectivity index (χ2v) is 9.39. The minimum Gasteiger partial charge on any atom is -0.386 e. The number of halogens is 3. The van der Waals surface area contributed by atoms with Crippen molar-refractivity contribution in [3.05, 3.63) is 70.9 Å². The van der Waals surface area contributed by atoms with Crippen molar-refractivity contribution in [2.24, 2.45) is 0 Å². The van der Waals surface area contributed by atoms with Gasteiger partial charge >= 0.3 is 7.60 Å². The van der Waals surface area contributed by atoms with Gasteiger partial charge in [0.2, 0.25) is 6.42 Å². The summed E-state index contributed by atoms with van der Waals surface area (Å²) in [6.07, 6.45) is -1.38. The molecule has 0 atom stereocenters. The van der Waals surface area contributed by atoms with Crippen LogP contribution >= 0.6 is 30.3 Å². The fraction of sp³-hybridized carbons (Fsp3) is 0.0526. The van der Waals surface area contributed by atoms with E-state index in [1.165, 1.54) is 48.5 Å². The Labute approximate surface area is 177 Å². The smallest absolute Gasteiger partial charge is 0.386 e. The first kappa shape index (κ1) is 20.6. The number of hydrogen-bond acceptors (Lipinski definition) is 7. The van der Waals surface area contributed by atoms with E-state index in [0.717, 1.165) is 22.7 Å². The molecular weight excluding hydrogens is 456 g/mol. The molecule has 0 radical (unpaired) electrons. The van der Waals surface area contributed by atoms with Crippen LogP contribution in [-0.4, -0.2) is 16.4 Å². The molecule has 4 aromatic rings. The van der Waals surface area contributed by atoms with Crippen molar-refractivity contribution in [3.63, 3.8) is 0 Å². The second kappa shape index (κ2) is 8.59. The van der Waals surface area contributed by atoms with E-state index in [1.54, 1.807) is 10.8 Å². The van der Waals surface area contributed by atoms with Gasteiger partial charge in [-0.05, 0) is 48.5 Å². The van der Waals surface area contributed by atoms with Crippen LogP contribution in [0.1, 0.15) is 0 Å². The van der Waals surface area contributed by atoms with Crippen LogP contribution in [-0.2, 0) is 4.57 Å². The van der Waals surface area contributed by atoms with Gasteiger partial charge in [-0.3, -0.25) is 0 Å². The molecule has 2 heterocycles. The van der Waals surface area contributed by atoms with E-state index < -0.39 is 14.0 Å². The molecular formula is C19H12F3N2O3PS2. The summed E-state index contributed by atoms with van der Waals surface area (Å²) in [7, 11) is -4.21. The van der Waals surface area contributed by atoms with Crippen molar-refractivity contribution >= 4 is 30.3 Å². The second-order valence-electron chi connectivity index (χ2n) is 5.92. The van der Waals surface area contributed by atoms with E-state index >= 15 is 0 Å². The van der Waals surface area contributed by atoms with Gasteiger partial charge in [-0.2, -0.15) is 0 Å². The monoisotopic (exact) mass is 468 g/mol. The number of aromatic nitrogens is 2. The minimum absolute atomic E-state index is 0.0503. The van der Waals surface area contributed by atoms with Crippen LogP contribution in [0, 0.1) is 11.6 Å². The van der Waals surface area contributed by atoms with Crippen LogP contribution in [0.15, 0.2) is 59.3 Å². The highest BCUT2D eigenvalue weighted by molar-refractivity contribution is 7.55. The molecule has 0 saturated heterocycles. The average Bonchev–Trinajstić information content (AvgIpc) is 3.39. The third-order valence-corrected chi connectivity index (χ3v) is 6.70. The molecule has 0 aliphatic rings. The summed E-state index contributed by atoms with van der Waals surface area (Å²) < 4.78 is 62.8. The Kier molecular flexibility index (Phi) is 5.90. The van der Waals surface area contributed by atoms with Crippen molar-refractivity contribution in [2.75, 3.05) is 6.42 Å². The van der Waals surface area contributed by atoms with Gasteiger partial charge in [0.25, 0.3) is 10.4 Å². The fourth-order valence-electron chi connectivity index (χ4n) is 2.41. The number of hydrogen-bond donors (Lipinski definition) is 0. The molecule has 30 heavy (non-hydrogen) atoms.